The highest BCUT2D eigenvalue weighted by molar-refractivity contribution is 5.99. The van der Waals surface area contributed by atoms with E-state index in [-0.39, 0.29) is 18.3 Å². The Labute approximate surface area is 127 Å². The van der Waals surface area contributed by atoms with Crippen LogP contribution in [-0.2, 0) is 21.4 Å². The average molecular weight is 300 g/mol. The molecule has 0 saturated carbocycles. The molecule has 0 spiro atoms. The van der Waals surface area contributed by atoms with Gasteiger partial charge >= 0.3 is 5.97 Å². The fraction of sp³-hybridized carbons (Fsp3) is 0.333. The normalized spacial score (nSPS) is 17.8. The minimum Gasteiger partial charge on any atom is -0.469 e. The second kappa shape index (κ2) is 5.59. The van der Waals surface area contributed by atoms with Crippen molar-refractivity contribution < 1.29 is 14.3 Å². The van der Waals surface area contributed by atoms with Crippen molar-refractivity contribution in [3.05, 3.63) is 30.5 Å². The molecule has 0 aliphatic carbocycles. The molecular weight excluding hydrogens is 284 g/mol. The second-order valence-electron chi connectivity index (χ2n) is 5.15. The molecule has 1 atom stereocenters. The smallest absolute Gasteiger partial charge is 0.311 e. The molecule has 1 fully saturated rings. The van der Waals surface area contributed by atoms with Gasteiger partial charge in [-0.15, -0.1) is 0 Å². The summed E-state index contributed by atoms with van der Waals surface area (Å²) in [6, 6.07) is 7.37. The van der Waals surface area contributed by atoms with E-state index >= 15 is 0 Å². The number of amides is 1. The van der Waals surface area contributed by atoms with Gasteiger partial charge in [0.15, 0.2) is 0 Å². The highest BCUT2D eigenvalue weighted by Crippen LogP contribution is 2.28. The van der Waals surface area contributed by atoms with E-state index < -0.39 is 5.92 Å². The first-order chi connectivity index (χ1) is 10.6. The maximum Gasteiger partial charge on any atom is 0.311 e. The molecule has 3 rings (SSSR count). The van der Waals surface area contributed by atoms with Gasteiger partial charge in [-0.3, -0.25) is 24.2 Å². The molecule has 114 valence electrons. The van der Waals surface area contributed by atoms with Crippen LogP contribution in [0.15, 0.2) is 30.5 Å². The molecule has 2 aromatic heterocycles. The highest BCUT2D eigenvalue weighted by Gasteiger charge is 2.37. The lowest BCUT2D eigenvalue weighted by Crippen LogP contribution is -2.28. The van der Waals surface area contributed by atoms with E-state index in [1.165, 1.54) is 7.11 Å². The summed E-state index contributed by atoms with van der Waals surface area (Å²) in [6.45, 7) is 0.312. The van der Waals surface area contributed by atoms with Crippen LogP contribution in [0.3, 0.4) is 0 Å². The number of methoxy groups -OCH3 is 1. The first kappa shape index (κ1) is 14.2. The molecule has 1 aliphatic rings. The Kier molecular flexibility index (Phi) is 3.62. The summed E-state index contributed by atoms with van der Waals surface area (Å²) in [5, 5.41) is 4.39. The lowest BCUT2D eigenvalue weighted by Gasteiger charge is -2.15. The summed E-state index contributed by atoms with van der Waals surface area (Å²) in [6.07, 6.45) is 1.86. The van der Waals surface area contributed by atoms with Crippen LogP contribution in [0.5, 0.6) is 0 Å². The van der Waals surface area contributed by atoms with Gasteiger partial charge in [0, 0.05) is 32.3 Å². The Bertz CT molecular complexity index is 711. The van der Waals surface area contributed by atoms with Gasteiger partial charge in [0.2, 0.25) is 5.91 Å². The summed E-state index contributed by atoms with van der Waals surface area (Å²) in [7, 11) is 3.10. The van der Waals surface area contributed by atoms with Crippen LogP contribution < -0.4 is 4.90 Å². The van der Waals surface area contributed by atoms with Crippen molar-refractivity contribution in [3.8, 4) is 11.4 Å². The molecule has 7 nitrogen and oxygen atoms in total. The Morgan fingerprint density at radius 3 is 2.86 bits per heavy atom. The van der Waals surface area contributed by atoms with Crippen LogP contribution in [0.1, 0.15) is 6.42 Å². The number of esters is 1. The Morgan fingerprint density at radius 2 is 2.18 bits per heavy atom. The molecule has 1 aliphatic heterocycles. The predicted octanol–water partition coefficient (Wildman–Crippen LogP) is 1.01. The number of aromatic nitrogens is 3. The molecule has 22 heavy (non-hydrogen) atoms. The third kappa shape index (κ3) is 2.45. The van der Waals surface area contributed by atoms with Gasteiger partial charge in [-0.2, -0.15) is 5.10 Å². The molecule has 1 saturated heterocycles. The number of carbonyl (C=O) groups is 2. The largest absolute Gasteiger partial charge is 0.469 e. The highest BCUT2D eigenvalue weighted by atomic mass is 16.5. The van der Waals surface area contributed by atoms with Crippen LogP contribution in [0.2, 0.25) is 0 Å². The average Bonchev–Trinajstić information content (AvgIpc) is 3.10. The van der Waals surface area contributed by atoms with Gasteiger partial charge in [-0.25, -0.2) is 0 Å². The maximum absolute atomic E-state index is 12.2. The number of carbonyl (C=O) groups excluding carboxylic acids is 2. The quantitative estimate of drug-likeness (QED) is 0.791. The second-order valence-corrected chi connectivity index (χ2v) is 5.15. The third-order valence-corrected chi connectivity index (χ3v) is 3.72. The third-order valence-electron chi connectivity index (χ3n) is 3.72. The van der Waals surface area contributed by atoms with Gasteiger partial charge in [0.05, 0.1) is 18.7 Å². The molecule has 0 aromatic carbocycles. The molecule has 1 amide bonds. The molecule has 1 unspecified atom stereocenters. The summed E-state index contributed by atoms with van der Waals surface area (Å²) >= 11 is 0. The molecule has 2 aromatic rings. The number of pyridine rings is 1. The number of ether oxygens (including phenoxy) is 1. The van der Waals surface area contributed by atoms with E-state index in [4.69, 9.17) is 4.74 Å². The molecule has 0 radical (unpaired) electrons. The number of hydrogen-bond acceptors (Lipinski definition) is 5. The Hall–Kier alpha value is -2.70. The predicted molar refractivity (Wildman–Crippen MR) is 78.9 cm³/mol. The van der Waals surface area contributed by atoms with E-state index in [0.29, 0.717) is 18.1 Å². The van der Waals surface area contributed by atoms with E-state index in [9.17, 15) is 9.59 Å². The molecule has 0 bridgehead atoms. The van der Waals surface area contributed by atoms with Gasteiger partial charge in [0.1, 0.15) is 11.5 Å². The van der Waals surface area contributed by atoms with Crippen LogP contribution >= 0.6 is 0 Å². The van der Waals surface area contributed by atoms with Gasteiger partial charge in [0.25, 0.3) is 0 Å². The van der Waals surface area contributed by atoms with Crippen molar-refractivity contribution >= 4 is 17.7 Å². The number of aryl methyl sites for hydroxylation is 1. The lowest BCUT2D eigenvalue weighted by molar-refractivity contribution is -0.145. The topological polar surface area (TPSA) is 77.3 Å². The molecule has 3 heterocycles. The number of hydrogen-bond donors (Lipinski definition) is 0. The van der Waals surface area contributed by atoms with Crippen molar-refractivity contribution in [1.29, 1.82) is 0 Å². The van der Waals surface area contributed by atoms with E-state index in [1.807, 2.05) is 18.2 Å². The lowest BCUT2D eigenvalue weighted by atomic mass is 10.1. The van der Waals surface area contributed by atoms with E-state index in [0.717, 1.165) is 5.69 Å². The standard InChI is InChI=1S/C15H16N4O3/c1-18-13(8-12(17-18)11-5-3-4-6-16-11)19-9-10(7-14(19)20)15(21)22-2/h3-6,8,10H,7,9H2,1-2H3. The van der Waals surface area contributed by atoms with E-state index in [2.05, 4.69) is 10.1 Å². The van der Waals surface area contributed by atoms with Crippen molar-refractivity contribution in [2.75, 3.05) is 18.6 Å². The zero-order valence-corrected chi connectivity index (χ0v) is 12.4. The van der Waals surface area contributed by atoms with Crippen LogP contribution in [0.4, 0.5) is 5.82 Å². The van der Waals surface area contributed by atoms with Gasteiger partial charge < -0.3 is 4.74 Å². The monoisotopic (exact) mass is 300 g/mol. The summed E-state index contributed by atoms with van der Waals surface area (Å²) < 4.78 is 6.35. The molecule has 7 heteroatoms. The minimum atomic E-state index is -0.425. The van der Waals surface area contributed by atoms with E-state index in [1.54, 1.807) is 28.9 Å². The first-order valence-electron chi connectivity index (χ1n) is 6.94. The van der Waals surface area contributed by atoms with Crippen LogP contribution in [0, 0.1) is 5.92 Å². The maximum atomic E-state index is 12.2. The number of anilines is 1. The van der Waals surface area contributed by atoms with Crippen LogP contribution in [-0.4, -0.2) is 40.3 Å². The van der Waals surface area contributed by atoms with Crippen molar-refractivity contribution in [1.82, 2.24) is 14.8 Å². The van der Waals surface area contributed by atoms with Crippen molar-refractivity contribution in [2.45, 2.75) is 6.42 Å². The van der Waals surface area contributed by atoms with Crippen molar-refractivity contribution in [2.24, 2.45) is 13.0 Å². The molecular formula is C15H16N4O3. The Balaban J connectivity index is 1.88. The van der Waals surface area contributed by atoms with Gasteiger partial charge in [-0.1, -0.05) is 6.07 Å². The van der Waals surface area contributed by atoms with Gasteiger partial charge in [-0.05, 0) is 12.1 Å². The minimum absolute atomic E-state index is 0.106. The van der Waals surface area contributed by atoms with Crippen LogP contribution in [0.25, 0.3) is 11.4 Å². The fourth-order valence-electron chi connectivity index (χ4n) is 2.60. The number of nitrogens with zero attached hydrogens (tertiary/aromatic N) is 4. The SMILES string of the molecule is COC(=O)C1CC(=O)N(c2cc(-c3ccccn3)nn2C)C1. The zero-order valence-electron chi connectivity index (χ0n) is 12.4. The summed E-state index contributed by atoms with van der Waals surface area (Å²) in [5.41, 5.74) is 1.42. The zero-order chi connectivity index (χ0) is 15.7. The summed E-state index contributed by atoms with van der Waals surface area (Å²) in [4.78, 5) is 29.6. The number of rotatable bonds is 3. The van der Waals surface area contributed by atoms with Crippen molar-refractivity contribution in [3.63, 3.8) is 0 Å². The summed E-state index contributed by atoms with van der Waals surface area (Å²) in [5.74, 6) is -0.239. The molecule has 0 N–H and O–H groups in total. The Morgan fingerprint density at radius 1 is 1.36 bits per heavy atom. The fourth-order valence-corrected chi connectivity index (χ4v) is 2.60. The first-order valence-corrected chi connectivity index (χ1v) is 6.94.